The molecule has 0 aromatic carbocycles. The monoisotopic (exact) mass is 311 g/mol. The van der Waals surface area contributed by atoms with Crippen LogP contribution >= 0.6 is 0 Å². The smallest absolute Gasteiger partial charge is 0.253 e. The van der Waals surface area contributed by atoms with Crippen LogP contribution < -0.4 is 10.9 Å². The van der Waals surface area contributed by atoms with Gasteiger partial charge in [-0.05, 0) is 6.92 Å². The maximum Gasteiger partial charge on any atom is 0.253 e. The number of aromatic nitrogens is 6. The highest BCUT2D eigenvalue weighted by Gasteiger charge is 2.08. The molecule has 0 aliphatic carbocycles. The van der Waals surface area contributed by atoms with E-state index in [0.29, 0.717) is 11.6 Å². The van der Waals surface area contributed by atoms with Crippen LogP contribution in [0.2, 0.25) is 0 Å². The summed E-state index contributed by atoms with van der Waals surface area (Å²) in [7, 11) is 0. The maximum absolute atomic E-state index is 12.0. The van der Waals surface area contributed by atoms with E-state index in [-0.39, 0.29) is 18.0 Å². The van der Waals surface area contributed by atoms with Gasteiger partial charge in [-0.3, -0.25) is 18.7 Å². The number of hydrogen-bond acceptors (Lipinski definition) is 6. The zero-order valence-electron chi connectivity index (χ0n) is 12.2. The summed E-state index contributed by atoms with van der Waals surface area (Å²) in [5, 5.41) is 2.63. The number of amides is 1. The molecule has 9 heteroatoms. The molecule has 3 heterocycles. The first-order valence-corrected chi connectivity index (χ1v) is 6.76. The van der Waals surface area contributed by atoms with Crippen molar-refractivity contribution < 1.29 is 4.79 Å². The number of imidazole rings is 1. The number of carbonyl (C=O) groups is 1. The molecular formula is C14H13N7O2. The number of hydrogen-bond donors (Lipinski definition) is 1. The molecule has 0 aliphatic heterocycles. The lowest BCUT2D eigenvalue weighted by Gasteiger charge is -2.08. The highest BCUT2D eigenvalue weighted by Crippen LogP contribution is 2.10. The molecule has 3 aromatic heterocycles. The van der Waals surface area contributed by atoms with Crippen LogP contribution in [0.1, 0.15) is 5.82 Å². The van der Waals surface area contributed by atoms with Crippen molar-refractivity contribution in [3.05, 3.63) is 59.6 Å². The molecule has 0 radical (unpaired) electrons. The Labute approximate surface area is 130 Å². The molecule has 0 bridgehead atoms. The molecule has 0 saturated heterocycles. The third-order valence-corrected chi connectivity index (χ3v) is 3.10. The molecule has 1 N–H and O–H groups in total. The van der Waals surface area contributed by atoms with Crippen molar-refractivity contribution in [1.29, 1.82) is 0 Å². The molecule has 0 fully saturated rings. The SMILES string of the molecule is Cc1nccn1-c1cc(NC(=O)Cn2cnccc2=O)ncn1. The van der Waals surface area contributed by atoms with Crippen molar-refractivity contribution in [3.8, 4) is 5.82 Å². The van der Waals surface area contributed by atoms with Crippen LogP contribution in [0.15, 0.2) is 48.2 Å². The lowest BCUT2D eigenvalue weighted by molar-refractivity contribution is -0.116. The van der Waals surface area contributed by atoms with E-state index >= 15 is 0 Å². The fourth-order valence-electron chi connectivity index (χ4n) is 2.00. The van der Waals surface area contributed by atoms with Gasteiger partial charge >= 0.3 is 0 Å². The summed E-state index contributed by atoms with van der Waals surface area (Å²) in [5.74, 6) is 1.31. The standard InChI is InChI=1S/C14H13N7O2/c1-10-16-4-5-21(10)12-6-11(17-8-18-12)19-13(22)7-20-9-15-3-2-14(20)23/h2-6,8-9H,7H2,1H3,(H,17,18,19,22). The van der Waals surface area contributed by atoms with Gasteiger partial charge in [0.1, 0.15) is 30.3 Å². The van der Waals surface area contributed by atoms with Crippen LogP contribution in [0, 0.1) is 6.92 Å². The van der Waals surface area contributed by atoms with Crippen LogP contribution in [-0.4, -0.2) is 35.0 Å². The quantitative estimate of drug-likeness (QED) is 0.735. The Kier molecular flexibility index (Phi) is 3.91. The van der Waals surface area contributed by atoms with E-state index in [1.54, 1.807) is 23.0 Å². The minimum absolute atomic E-state index is 0.143. The van der Waals surface area contributed by atoms with Gasteiger partial charge in [0.05, 0.1) is 6.33 Å². The maximum atomic E-state index is 12.0. The number of nitrogens with one attached hydrogen (secondary N) is 1. The Hall–Kier alpha value is -3.36. The number of rotatable bonds is 4. The second-order valence-corrected chi connectivity index (χ2v) is 4.70. The van der Waals surface area contributed by atoms with E-state index in [0.717, 1.165) is 5.82 Å². The Balaban J connectivity index is 1.76. The molecule has 0 spiro atoms. The fraction of sp³-hybridized carbons (Fsp3) is 0.143. The van der Waals surface area contributed by atoms with Gasteiger partial charge in [-0.25, -0.2) is 19.9 Å². The largest absolute Gasteiger partial charge is 0.309 e. The van der Waals surface area contributed by atoms with Crippen molar-refractivity contribution in [2.24, 2.45) is 0 Å². The number of anilines is 1. The summed E-state index contributed by atoms with van der Waals surface area (Å²) >= 11 is 0. The molecule has 0 atom stereocenters. The van der Waals surface area contributed by atoms with Crippen LogP contribution in [0.4, 0.5) is 5.82 Å². The third-order valence-electron chi connectivity index (χ3n) is 3.10. The van der Waals surface area contributed by atoms with E-state index in [1.807, 2.05) is 6.92 Å². The average molecular weight is 311 g/mol. The van der Waals surface area contributed by atoms with Gasteiger partial charge in [0.15, 0.2) is 0 Å². The number of carbonyl (C=O) groups excluding carboxylic acids is 1. The van der Waals surface area contributed by atoms with Gasteiger partial charge in [0.2, 0.25) is 5.91 Å². The van der Waals surface area contributed by atoms with Gasteiger partial charge in [0.25, 0.3) is 5.56 Å². The minimum Gasteiger partial charge on any atom is -0.309 e. The van der Waals surface area contributed by atoms with E-state index in [2.05, 4.69) is 25.3 Å². The van der Waals surface area contributed by atoms with Crippen molar-refractivity contribution in [3.63, 3.8) is 0 Å². The third kappa shape index (κ3) is 3.28. The van der Waals surface area contributed by atoms with Crippen molar-refractivity contribution in [1.82, 2.24) is 29.1 Å². The Bertz CT molecular complexity index is 900. The molecule has 23 heavy (non-hydrogen) atoms. The van der Waals surface area contributed by atoms with Crippen LogP contribution in [0.5, 0.6) is 0 Å². The first kappa shape index (κ1) is 14.6. The van der Waals surface area contributed by atoms with Crippen LogP contribution in [0.3, 0.4) is 0 Å². The number of aryl methyl sites for hydroxylation is 1. The first-order chi connectivity index (χ1) is 11.1. The molecule has 1 amide bonds. The zero-order valence-corrected chi connectivity index (χ0v) is 12.2. The minimum atomic E-state index is -0.382. The van der Waals surface area contributed by atoms with Crippen LogP contribution in [-0.2, 0) is 11.3 Å². The second kappa shape index (κ2) is 6.18. The average Bonchev–Trinajstić information content (AvgIpc) is 2.96. The predicted octanol–water partition coefficient (Wildman–Crippen LogP) is 0.166. The van der Waals surface area contributed by atoms with E-state index in [1.165, 1.54) is 29.5 Å². The van der Waals surface area contributed by atoms with Gasteiger partial charge < -0.3 is 5.32 Å². The van der Waals surface area contributed by atoms with Gasteiger partial charge in [0, 0.05) is 30.7 Å². The zero-order chi connectivity index (χ0) is 16.2. The van der Waals surface area contributed by atoms with Gasteiger partial charge in [-0.1, -0.05) is 0 Å². The molecule has 116 valence electrons. The van der Waals surface area contributed by atoms with Crippen LogP contribution in [0.25, 0.3) is 5.82 Å². The topological polar surface area (TPSA) is 108 Å². The van der Waals surface area contributed by atoms with E-state index < -0.39 is 0 Å². The number of nitrogens with zero attached hydrogens (tertiary/aromatic N) is 6. The van der Waals surface area contributed by atoms with Crippen molar-refractivity contribution in [2.75, 3.05) is 5.32 Å². The summed E-state index contributed by atoms with van der Waals surface area (Å²) in [4.78, 5) is 39.7. The summed E-state index contributed by atoms with van der Waals surface area (Å²) in [6, 6.07) is 2.91. The van der Waals surface area contributed by atoms with E-state index in [9.17, 15) is 9.59 Å². The first-order valence-electron chi connectivity index (χ1n) is 6.76. The Morgan fingerprint density at radius 2 is 2.13 bits per heavy atom. The molecule has 0 aliphatic rings. The molecule has 0 saturated carbocycles. The van der Waals surface area contributed by atoms with Crippen molar-refractivity contribution in [2.45, 2.75) is 13.5 Å². The molecule has 3 aromatic rings. The normalized spacial score (nSPS) is 10.5. The molecular weight excluding hydrogens is 298 g/mol. The molecule has 3 rings (SSSR count). The lowest BCUT2D eigenvalue weighted by atomic mass is 10.4. The summed E-state index contributed by atoms with van der Waals surface area (Å²) in [6.45, 7) is 1.70. The lowest BCUT2D eigenvalue weighted by Crippen LogP contribution is -2.27. The van der Waals surface area contributed by atoms with Gasteiger partial charge in [-0.2, -0.15) is 0 Å². The fourth-order valence-corrected chi connectivity index (χ4v) is 2.00. The van der Waals surface area contributed by atoms with E-state index in [4.69, 9.17) is 0 Å². The summed E-state index contributed by atoms with van der Waals surface area (Å²) in [5.41, 5.74) is -0.299. The molecule has 0 unspecified atom stereocenters. The summed E-state index contributed by atoms with van der Waals surface area (Å²) in [6.07, 6.45) is 7.45. The highest BCUT2D eigenvalue weighted by atomic mass is 16.2. The Morgan fingerprint density at radius 1 is 1.26 bits per heavy atom. The predicted molar refractivity (Wildman–Crippen MR) is 81.0 cm³/mol. The summed E-state index contributed by atoms with van der Waals surface area (Å²) < 4.78 is 2.97. The highest BCUT2D eigenvalue weighted by molar-refractivity contribution is 5.89. The molecule has 9 nitrogen and oxygen atoms in total. The van der Waals surface area contributed by atoms with Crippen molar-refractivity contribution >= 4 is 11.7 Å². The van der Waals surface area contributed by atoms with Gasteiger partial charge in [-0.15, -0.1) is 0 Å². The Morgan fingerprint density at radius 3 is 2.87 bits per heavy atom. The second-order valence-electron chi connectivity index (χ2n) is 4.70.